The SMILES string of the molecule is CC(C)c1ccccc1OCCn1c(CNC(=O)CCc2ccccc2)nc2ccccc21. The summed E-state index contributed by atoms with van der Waals surface area (Å²) in [5, 5.41) is 3.04. The number of amides is 1. The van der Waals surface area contributed by atoms with Gasteiger partial charge in [-0.1, -0.05) is 74.5 Å². The van der Waals surface area contributed by atoms with E-state index in [1.165, 1.54) is 11.1 Å². The van der Waals surface area contributed by atoms with Gasteiger partial charge in [0.1, 0.15) is 18.2 Å². The summed E-state index contributed by atoms with van der Waals surface area (Å²) in [7, 11) is 0. The number of nitrogens with one attached hydrogen (secondary N) is 1. The maximum absolute atomic E-state index is 12.4. The third-order valence-corrected chi connectivity index (χ3v) is 5.77. The number of aryl methyl sites for hydroxylation is 1. The van der Waals surface area contributed by atoms with E-state index in [4.69, 9.17) is 9.72 Å². The standard InChI is InChI=1S/C28H31N3O2/c1-21(2)23-12-6-9-15-26(23)33-19-18-31-25-14-8-7-13-24(25)30-27(31)20-29-28(32)17-16-22-10-4-3-5-11-22/h3-15,21H,16-20H2,1-2H3,(H,29,32). The zero-order chi connectivity index (χ0) is 23.0. The summed E-state index contributed by atoms with van der Waals surface area (Å²) in [5.74, 6) is 2.19. The Balaban J connectivity index is 1.41. The second-order valence-electron chi connectivity index (χ2n) is 8.47. The van der Waals surface area contributed by atoms with Gasteiger partial charge < -0.3 is 14.6 Å². The van der Waals surface area contributed by atoms with Gasteiger partial charge in [0.15, 0.2) is 0 Å². The Bertz CT molecular complexity index is 1200. The molecular weight excluding hydrogens is 410 g/mol. The Morgan fingerprint density at radius 2 is 1.70 bits per heavy atom. The second kappa shape index (κ2) is 10.8. The van der Waals surface area contributed by atoms with Gasteiger partial charge in [-0.05, 0) is 41.7 Å². The summed E-state index contributed by atoms with van der Waals surface area (Å²) in [6, 6.07) is 26.3. The molecule has 0 atom stereocenters. The minimum atomic E-state index is 0.0274. The quantitative estimate of drug-likeness (QED) is 0.354. The van der Waals surface area contributed by atoms with Crippen molar-refractivity contribution >= 4 is 16.9 Å². The Morgan fingerprint density at radius 3 is 2.52 bits per heavy atom. The smallest absolute Gasteiger partial charge is 0.220 e. The van der Waals surface area contributed by atoms with Crippen LogP contribution in [0.15, 0.2) is 78.9 Å². The number of para-hydroxylation sites is 3. The molecule has 1 N–H and O–H groups in total. The number of benzene rings is 3. The number of rotatable bonds is 10. The highest BCUT2D eigenvalue weighted by Gasteiger charge is 2.13. The number of fused-ring (bicyclic) bond motifs is 1. The molecule has 0 spiro atoms. The molecule has 1 amide bonds. The molecule has 33 heavy (non-hydrogen) atoms. The van der Waals surface area contributed by atoms with E-state index in [-0.39, 0.29) is 5.91 Å². The van der Waals surface area contributed by atoms with Crippen molar-refractivity contribution in [3.8, 4) is 5.75 Å². The number of nitrogens with zero attached hydrogens (tertiary/aromatic N) is 2. The molecule has 5 heteroatoms. The van der Waals surface area contributed by atoms with E-state index in [1.807, 2.05) is 66.7 Å². The molecule has 0 aliphatic heterocycles. The summed E-state index contributed by atoms with van der Waals surface area (Å²) >= 11 is 0. The molecule has 3 aromatic carbocycles. The van der Waals surface area contributed by atoms with Gasteiger partial charge in [-0.3, -0.25) is 4.79 Å². The summed E-state index contributed by atoms with van der Waals surface area (Å²) in [4.78, 5) is 17.2. The second-order valence-corrected chi connectivity index (χ2v) is 8.47. The van der Waals surface area contributed by atoms with Crippen LogP contribution in [0, 0.1) is 0 Å². The monoisotopic (exact) mass is 441 g/mol. The summed E-state index contributed by atoms with van der Waals surface area (Å²) < 4.78 is 8.30. The zero-order valence-corrected chi connectivity index (χ0v) is 19.3. The third-order valence-electron chi connectivity index (χ3n) is 5.77. The lowest BCUT2D eigenvalue weighted by Gasteiger charge is -2.15. The lowest BCUT2D eigenvalue weighted by molar-refractivity contribution is -0.121. The number of aromatic nitrogens is 2. The van der Waals surface area contributed by atoms with Crippen LogP contribution >= 0.6 is 0 Å². The molecule has 0 aliphatic rings. The molecule has 0 aliphatic carbocycles. The number of hydrogen-bond donors (Lipinski definition) is 1. The van der Waals surface area contributed by atoms with E-state index in [9.17, 15) is 4.79 Å². The third kappa shape index (κ3) is 5.80. The van der Waals surface area contributed by atoms with E-state index in [2.05, 4.69) is 35.9 Å². The van der Waals surface area contributed by atoms with Gasteiger partial charge in [0.25, 0.3) is 0 Å². The van der Waals surface area contributed by atoms with E-state index in [0.29, 0.717) is 32.0 Å². The highest BCUT2D eigenvalue weighted by atomic mass is 16.5. The molecule has 1 aromatic heterocycles. The Morgan fingerprint density at radius 1 is 0.970 bits per heavy atom. The zero-order valence-electron chi connectivity index (χ0n) is 19.3. The van der Waals surface area contributed by atoms with Crippen molar-refractivity contribution in [3.05, 3.63) is 95.8 Å². The molecule has 4 rings (SSSR count). The van der Waals surface area contributed by atoms with Crippen molar-refractivity contribution in [2.75, 3.05) is 6.61 Å². The highest BCUT2D eigenvalue weighted by Crippen LogP contribution is 2.26. The van der Waals surface area contributed by atoms with Crippen molar-refractivity contribution in [2.45, 2.75) is 45.7 Å². The largest absolute Gasteiger partial charge is 0.491 e. The number of imidazole rings is 1. The van der Waals surface area contributed by atoms with Gasteiger partial charge in [0.2, 0.25) is 5.91 Å². The van der Waals surface area contributed by atoms with Crippen LogP contribution in [0.5, 0.6) is 5.75 Å². The minimum absolute atomic E-state index is 0.0274. The molecule has 0 bridgehead atoms. The first-order valence-electron chi connectivity index (χ1n) is 11.6. The maximum Gasteiger partial charge on any atom is 0.220 e. The van der Waals surface area contributed by atoms with Crippen molar-refractivity contribution in [1.82, 2.24) is 14.9 Å². The average molecular weight is 442 g/mol. The van der Waals surface area contributed by atoms with E-state index < -0.39 is 0 Å². The van der Waals surface area contributed by atoms with Gasteiger partial charge in [-0.15, -0.1) is 0 Å². The Kier molecular flexibility index (Phi) is 7.40. The molecular formula is C28H31N3O2. The van der Waals surface area contributed by atoms with Crippen molar-refractivity contribution in [2.24, 2.45) is 0 Å². The molecule has 1 heterocycles. The van der Waals surface area contributed by atoms with E-state index >= 15 is 0 Å². The molecule has 0 saturated heterocycles. The van der Waals surface area contributed by atoms with E-state index in [1.54, 1.807) is 0 Å². The van der Waals surface area contributed by atoms with Crippen LogP contribution in [0.2, 0.25) is 0 Å². The maximum atomic E-state index is 12.4. The predicted molar refractivity (Wildman–Crippen MR) is 132 cm³/mol. The first-order valence-corrected chi connectivity index (χ1v) is 11.6. The fraction of sp³-hybridized carbons (Fsp3) is 0.286. The predicted octanol–water partition coefficient (Wildman–Crippen LogP) is 5.49. The average Bonchev–Trinajstić information content (AvgIpc) is 3.20. The first-order chi connectivity index (χ1) is 16.1. The van der Waals surface area contributed by atoms with Crippen LogP contribution in [-0.2, 0) is 24.3 Å². The number of carbonyl (C=O) groups is 1. The number of ether oxygens (including phenoxy) is 1. The molecule has 0 radical (unpaired) electrons. The summed E-state index contributed by atoms with van der Waals surface area (Å²) in [6.07, 6.45) is 1.19. The topological polar surface area (TPSA) is 56.1 Å². The first kappa shape index (κ1) is 22.6. The van der Waals surface area contributed by atoms with Crippen molar-refractivity contribution in [3.63, 3.8) is 0 Å². The Hall–Kier alpha value is -3.60. The number of carbonyl (C=O) groups excluding carboxylic acids is 1. The number of hydrogen-bond acceptors (Lipinski definition) is 3. The molecule has 170 valence electrons. The minimum Gasteiger partial charge on any atom is -0.491 e. The van der Waals surface area contributed by atoms with Crippen LogP contribution in [-0.4, -0.2) is 22.1 Å². The van der Waals surface area contributed by atoms with Gasteiger partial charge in [-0.25, -0.2) is 4.98 Å². The molecule has 5 nitrogen and oxygen atoms in total. The van der Waals surface area contributed by atoms with Crippen molar-refractivity contribution in [1.29, 1.82) is 0 Å². The van der Waals surface area contributed by atoms with Crippen LogP contribution in [0.1, 0.15) is 43.1 Å². The normalized spacial score (nSPS) is 11.1. The molecule has 0 unspecified atom stereocenters. The van der Waals surface area contributed by atoms with Crippen LogP contribution in [0.3, 0.4) is 0 Å². The fourth-order valence-corrected chi connectivity index (χ4v) is 4.01. The van der Waals surface area contributed by atoms with Crippen LogP contribution in [0.4, 0.5) is 0 Å². The molecule has 0 fully saturated rings. The Labute approximate surface area is 195 Å². The van der Waals surface area contributed by atoms with Gasteiger partial charge in [0, 0.05) is 6.42 Å². The van der Waals surface area contributed by atoms with E-state index in [0.717, 1.165) is 29.0 Å². The van der Waals surface area contributed by atoms with Crippen LogP contribution < -0.4 is 10.1 Å². The lowest BCUT2D eigenvalue weighted by atomic mass is 10.0. The summed E-state index contributed by atoms with van der Waals surface area (Å²) in [5.41, 5.74) is 4.35. The molecule has 4 aromatic rings. The fourth-order valence-electron chi connectivity index (χ4n) is 4.01. The van der Waals surface area contributed by atoms with Gasteiger partial charge in [-0.2, -0.15) is 0 Å². The van der Waals surface area contributed by atoms with Crippen molar-refractivity contribution < 1.29 is 9.53 Å². The molecule has 0 saturated carbocycles. The van der Waals surface area contributed by atoms with Gasteiger partial charge in [0.05, 0.1) is 24.1 Å². The lowest BCUT2D eigenvalue weighted by Crippen LogP contribution is -2.25. The highest BCUT2D eigenvalue weighted by molar-refractivity contribution is 5.77. The summed E-state index contributed by atoms with van der Waals surface area (Å²) in [6.45, 7) is 5.92. The van der Waals surface area contributed by atoms with Crippen LogP contribution in [0.25, 0.3) is 11.0 Å². The van der Waals surface area contributed by atoms with Gasteiger partial charge >= 0.3 is 0 Å².